The van der Waals surface area contributed by atoms with Crippen molar-refractivity contribution in [1.82, 2.24) is 5.43 Å². The molecule has 0 radical (unpaired) electrons. The highest BCUT2D eigenvalue weighted by molar-refractivity contribution is 7.80. The summed E-state index contributed by atoms with van der Waals surface area (Å²) >= 11 is 4.65. The number of nitrogens with one attached hydrogen (secondary N) is 1. The summed E-state index contributed by atoms with van der Waals surface area (Å²) < 4.78 is 0. The number of hydrogen-bond acceptors (Lipinski definition) is 2. The minimum absolute atomic E-state index is 0.251. The topological polar surface area (TPSA) is 50.4 Å². The van der Waals surface area contributed by atoms with Gasteiger partial charge in [-0.1, -0.05) is 6.92 Å². The molecule has 3 nitrogen and oxygen atoms in total. The molecule has 1 saturated carbocycles. The second-order valence-corrected chi connectivity index (χ2v) is 3.80. The van der Waals surface area contributed by atoms with Gasteiger partial charge in [-0.25, -0.2) is 0 Å². The molecule has 1 fully saturated rings. The molecule has 0 aliphatic heterocycles. The lowest BCUT2D eigenvalue weighted by Gasteiger charge is -2.18. The van der Waals surface area contributed by atoms with Gasteiger partial charge < -0.3 is 5.73 Å². The Morgan fingerprint density at radius 2 is 2.50 bits per heavy atom. The monoisotopic (exact) mass is 185 g/mol. The van der Waals surface area contributed by atoms with Crippen LogP contribution in [0.4, 0.5) is 0 Å². The molecule has 68 valence electrons. The summed E-state index contributed by atoms with van der Waals surface area (Å²) in [6.45, 7) is 2.25. The van der Waals surface area contributed by atoms with E-state index in [0.29, 0.717) is 0 Å². The van der Waals surface area contributed by atoms with E-state index in [2.05, 4.69) is 29.7 Å². The highest BCUT2D eigenvalue weighted by atomic mass is 32.1. The maximum Gasteiger partial charge on any atom is 0.184 e. The van der Waals surface area contributed by atoms with Gasteiger partial charge in [-0.05, 0) is 43.8 Å². The fourth-order valence-corrected chi connectivity index (χ4v) is 1.54. The number of nitrogens with two attached hydrogens (primary N) is 1. The zero-order chi connectivity index (χ0) is 8.97. The molecule has 1 unspecified atom stereocenters. The summed E-state index contributed by atoms with van der Waals surface area (Å²) in [6.07, 6.45) is 4.71. The number of nitrogens with zero attached hydrogens (tertiary/aromatic N) is 1. The van der Waals surface area contributed by atoms with Crippen molar-refractivity contribution in [1.29, 1.82) is 0 Å². The van der Waals surface area contributed by atoms with E-state index < -0.39 is 0 Å². The van der Waals surface area contributed by atoms with E-state index in [1.165, 1.54) is 18.6 Å². The van der Waals surface area contributed by atoms with E-state index in [1.807, 2.05) is 0 Å². The Labute approximate surface area is 78.4 Å². The Morgan fingerprint density at radius 3 is 3.08 bits per heavy atom. The smallest absolute Gasteiger partial charge is 0.184 e. The minimum atomic E-state index is 0.251. The van der Waals surface area contributed by atoms with Crippen LogP contribution in [0.5, 0.6) is 0 Å². The first-order valence-electron chi connectivity index (χ1n) is 4.29. The zero-order valence-electron chi connectivity index (χ0n) is 7.34. The second kappa shape index (κ2) is 4.40. The van der Waals surface area contributed by atoms with Crippen LogP contribution in [0.25, 0.3) is 0 Å². The number of hydrazone groups is 1. The van der Waals surface area contributed by atoms with E-state index in [4.69, 9.17) is 5.73 Å². The van der Waals surface area contributed by atoms with E-state index >= 15 is 0 Å². The van der Waals surface area contributed by atoms with Crippen LogP contribution in [0.3, 0.4) is 0 Å². The standard InChI is InChI=1S/C8H15N3S/c1-6-3-2-4-7(5-6)10-11-8(9)12/h6H,2-5H2,1H3,(H3,9,11,12). The van der Waals surface area contributed by atoms with Gasteiger partial charge in [0, 0.05) is 5.71 Å². The van der Waals surface area contributed by atoms with Crippen molar-refractivity contribution in [2.24, 2.45) is 16.8 Å². The van der Waals surface area contributed by atoms with E-state index in [-0.39, 0.29) is 5.11 Å². The Balaban J connectivity index is 2.39. The van der Waals surface area contributed by atoms with Crippen molar-refractivity contribution in [3.8, 4) is 0 Å². The van der Waals surface area contributed by atoms with Crippen molar-refractivity contribution in [2.45, 2.75) is 32.6 Å². The average Bonchev–Trinajstić information content (AvgIpc) is 2.01. The molecule has 0 amide bonds. The largest absolute Gasteiger partial charge is 0.375 e. The Morgan fingerprint density at radius 1 is 1.75 bits per heavy atom. The first-order valence-corrected chi connectivity index (χ1v) is 4.70. The van der Waals surface area contributed by atoms with E-state index in [9.17, 15) is 0 Å². The maximum absolute atomic E-state index is 5.26. The van der Waals surface area contributed by atoms with Crippen LogP contribution >= 0.6 is 12.2 Å². The fraction of sp³-hybridized carbons (Fsp3) is 0.750. The lowest BCUT2D eigenvalue weighted by atomic mass is 9.89. The molecule has 3 N–H and O–H groups in total. The van der Waals surface area contributed by atoms with Crippen molar-refractivity contribution >= 4 is 23.0 Å². The summed E-state index contributed by atoms with van der Waals surface area (Å²) in [5.41, 5.74) is 9.09. The van der Waals surface area contributed by atoms with Gasteiger partial charge in [0.1, 0.15) is 0 Å². The first-order chi connectivity index (χ1) is 5.68. The number of rotatable bonds is 1. The summed E-state index contributed by atoms with van der Waals surface area (Å²) in [4.78, 5) is 0. The zero-order valence-corrected chi connectivity index (χ0v) is 8.16. The van der Waals surface area contributed by atoms with Gasteiger partial charge in [0.25, 0.3) is 0 Å². The van der Waals surface area contributed by atoms with Gasteiger partial charge in [0.05, 0.1) is 0 Å². The molecule has 1 atom stereocenters. The van der Waals surface area contributed by atoms with Crippen molar-refractivity contribution in [3.05, 3.63) is 0 Å². The molecule has 12 heavy (non-hydrogen) atoms. The second-order valence-electron chi connectivity index (χ2n) is 3.36. The van der Waals surface area contributed by atoms with Crippen LogP contribution in [0.15, 0.2) is 5.10 Å². The SMILES string of the molecule is CC1CCCC(=NNC(N)=S)C1. The molecule has 0 aromatic heterocycles. The summed E-state index contributed by atoms with van der Waals surface area (Å²) in [5, 5.41) is 4.38. The van der Waals surface area contributed by atoms with Gasteiger partial charge in [0.15, 0.2) is 5.11 Å². The van der Waals surface area contributed by atoms with Crippen LogP contribution < -0.4 is 11.2 Å². The molecule has 1 aliphatic rings. The Bertz CT molecular complexity index is 200. The molecule has 0 aromatic carbocycles. The molecule has 0 spiro atoms. The van der Waals surface area contributed by atoms with E-state index in [1.54, 1.807) is 0 Å². The van der Waals surface area contributed by atoms with Gasteiger partial charge >= 0.3 is 0 Å². The van der Waals surface area contributed by atoms with Crippen LogP contribution in [-0.2, 0) is 0 Å². The van der Waals surface area contributed by atoms with Crippen molar-refractivity contribution in [3.63, 3.8) is 0 Å². The molecule has 0 saturated heterocycles. The van der Waals surface area contributed by atoms with Gasteiger partial charge in [-0.3, -0.25) is 5.43 Å². The molecule has 0 bridgehead atoms. The van der Waals surface area contributed by atoms with Gasteiger partial charge in [-0.2, -0.15) is 5.10 Å². The van der Waals surface area contributed by atoms with Crippen molar-refractivity contribution < 1.29 is 0 Å². The minimum Gasteiger partial charge on any atom is -0.375 e. The molecule has 1 rings (SSSR count). The van der Waals surface area contributed by atoms with Gasteiger partial charge in [-0.15, -0.1) is 0 Å². The highest BCUT2D eigenvalue weighted by Crippen LogP contribution is 2.20. The highest BCUT2D eigenvalue weighted by Gasteiger charge is 2.13. The molecule has 1 aliphatic carbocycles. The summed E-state index contributed by atoms with van der Waals surface area (Å²) in [6, 6.07) is 0. The third-order valence-electron chi connectivity index (χ3n) is 2.07. The molecule has 0 aromatic rings. The molecule has 0 heterocycles. The number of hydrogen-bond donors (Lipinski definition) is 2. The van der Waals surface area contributed by atoms with Crippen LogP contribution in [-0.4, -0.2) is 10.8 Å². The molecular weight excluding hydrogens is 170 g/mol. The number of thiocarbonyl (C=S) groups is 1. The molecule has 4 heteroatoms. The summed E-state index contributed by atoms with van der Waals surface area (Å²) in [5.74, 6) is 0.755. The van der Waals surface area contributed by atoms with E-state index in [0.717, 1.165) is 18.8 Å². The maximum atomic E-state index is 5.26. The lowest BCUT2D eigenvalue weighted by Crippen LogP contribution is -2.26. The Hall–Kier alpha value is -0.640. The predicted octanol–water partition coefficient (Wildman–Crippen LogP) is 1.39. The van der Waals surface area contributed by atoms with Crippen LogP contribution in [0.2, 0.25) is 0 Å². The normalized spacial score (nSPS) is 27.1. The van der Waals surface area contributed by atoms with Crippen molar-refractivity contribution in [2.75, 3.05) is 0 Å². The average molecular weight is 185 g/mol. The van der Waals surface area contributed by atoms with Crippen LogP contribution in [0.1, 0.15) is 32.6 Å². The van der Waals surface area contributed by atoms with Crippen LogP contribution in [0, 0.1) is 5.92 Å². The lowest BCUT2D eigenvalue weighted by molar-refractivity contribution is 0.498. The third-order valence-corrected chi connectivity index (χ3v) is 2.16. The third kappa shape index (κ3) is 3.17. The first kappa shape index (κ1) is 9.45. The quantitative estimate of drug-likeness (QED) is 0.479. The molecular formula is C8H15N3S. The van der Waals surface area contributed by atoms with Gasteiger partial charge in [0.2, 0.25) is 0 Å². The summed E-state index contributed by atoms with van der Waals surface area (Å²) in [7, 11) is 0. The Kier molecular flexibility index (Phi) is 3.47. The predicted molar refractivity (Wildman–Crippen MR) is 55.0 cm³/mol. The fourth-order valence-electron chi connectivity index (χ4n) is 1.50.